The Balaban J connectivity index is 1.89. The molecule has 0 amide bonds. The molecule has 4 nitrogen and oxygen atoms in total. The van der Waals surface area contributed by atoms with E-state index in [0.717, 1.165) is 0 Å². The standard InChI is InChI=1S/C15H13F4NO3/c1-14(16,17)15(18,19)23-8-7-22-13(21)11-4-5-12-10(9-11)3-2-6-20-12/h2-6,9H,7-8H2,1H3. The minimum absolute atomic E-state index is 0.0438. The Morgan fingerprint density at radius 1 is 1.17 bits per heavy atom. The van der Waals surface area contributed by atoms with E-state index in [1.54, 1.807) is 24.4 Å². The van der Waals surface area contributed by atoms with Crippen LogP contribution in [0.15, 0.2) is 36.5 Å². The predicted octanol–water partition coefficient (Wildman–Crippen LogP) is 3.66. The molecule has 2 rings (SSSR count). The molecule has 124 valence electrons. The highest BCUT2D eigenvalue weighted by Gasteiger charge is 2.53. The van der Waals surface area contributed by atoms with Crippen LogP contribution in [0, 0.1) is 0 Å². The Morgan fingerprint density at radius 3 is 2.61 bits per heavy atom. The van der Waals surface area contributed by atoms with Crippen molar-refractivity contribution >= 4 is 16.9 Å². The molecule has 0 spiro atoms. The van der Waals surface area contributed by atoms with E-state index in [4.69, 9.17) is 4.74 Å². The summed E-state index contributed by atoms with van der Waals surface area (Å²) < 4.78 is 59.2. The average molecular weight is 331 g/mol. The van der Waals surface area contributed by atoms with Gasteiger partial charge in [-0.05, 0) is 24.3 Å². The van der Waals surface area contributed by atoms with Gasteiger partial charge in [0.1, 0.15) is 6.61 Å². The van der Waals surface area contributed by atoms with Gasteiger partial charge in [0.25, 0.3) is 0 Å². The van der Waals surface area contributed by atoms with Crippen molar-refractivity contribution in [1.29, 1.82) is 0 Å². The number of rotatable bonds is 6. The van der Waals surface area contributed by atoms with Gasteiger partial charge < -0.3 is 9.47 Å². The molecule has 0 saturated heterocycles. The zero-order valence-corrected chi connectivity index (χ0v) is 12.1. The van der Waals surface area contributed by atoms with Crippen LogP contribution >= 0.6 is 0 Å². The van der Waals surface area contributed by atoms with Gasteiger partial charge in [-0.15, -0.1) is 0 Å². The van der Waals surface area contributed by atoms with E-state index < -0.39 is 31.2 Å². The number of halogens is 4. The first kappa shape index (κ1) is 17.1. The minimum Gasteiger partial charge on any atom is -0.460 e. The molecule has 2 aromatic rings. The van der Waals surface area contributed by atoms with Gasteiger partial charge in [0.15, 0.2) is 0 Å². The highest BCUT2D eigenvalue weighted by Crippen LogP contribution is 2.34. The number of carbonyl (C=O) groups excluding carboxylic acids is 1. The van der Waals surface area contributed by atoms with Crippen molar-refractivity contribution in [3.63, 3.8) is 0 Å². The van der Waals surface area contributed by atoms with Crippen molar-refractivity contribution in [2.75, 3.05) is 13.2 Å². The van der Waals surface area contributed by atoms with Gasteiger partial charge in [-0.25, -0.2) is 4.79 Å². The third-order valence-electron chi connectivity index (χ3n) is 2.95. The van der Waals surface area contributed by atoms with Gasteiger partial charge in [0, 0.05) is 18.5 Å². The third kappa shape index (κ3) is 4.16. The van der Waals surface area contributed by atoms with Gasteiger partial charge in [-0.3, -0.25) is 4.98 Å². The first-order valence-electron chi connectivity index (χ1n) is 6.62. The summed E-state index contributed by atoms with van der Waals surface area (Å²) in [6, 6.07) is 8.03. The maximum atomic E-state index is 12.8. The lowest BCUT2D eigenvalue weighted by atomic mass is 10.1. The molecule has 1 aromatic carbocycles. The second kappa shape index (κ2) is 6.49. The van der Waals surface area contributed by atoms with Gasteiger partial charge in [0.05, 0.1) is 17.7 Å². The molecule has 0 atom stereocenters. The molecule has 0 N–H and O–H groups in total. The van der Waals surface area contributed by atoms with E-state index >= 15 is 0 Å². The molecular weight excluding hydrogens is 318 g/mol. The second-order valence-electron chi connectivity index (χ2n) is 4.80. The third-order valence-corrected chi connectivity index (χ3v) is 2.95. The second-order valence-corrected chi connectivity index (χ2v) is 4.80. The topological polar surface area (TPSA) is 48.4 Å². The first-order chi connectivity index (χ1) is 10.7. The number of benzene rings is 1. The van der Waals surface area contributed by atoms with E-state index in [0.29, 0.717) is 10.9 Å². The van der Waals surface area contributed by atoms with Crippen LogP contribution in [-0.4, -0.2) is 36.2 Å². The number of fused-ring (bicyclic) bond motifs is 1. The summed E-state index contributed by atoms with van der Waals surface area (Å²) >= 11 is 0. The number of alkyl halides is 4. The normalized spacial score (nSPS) is 12.4. The summed E-state index contributed by atoms with van der Waals surface area (Å²) in [6.45, 7) is -1.38. The van der Waals surface area contributed by atoms with Crippen LogP contribution in [0.3, 0.4) is 0 Å². The van der Waals surface area contributed by atoms with E-state index in [2.05, 4.69) is 9.72 Å². The van der Waals surface area contributed by atoms with Crippen molar-refractivity contribution in [2.45, 2.75) is 19.0 Å². The van der Waals surface area contributed by atoms with Crippen LogP contribution < -0.4 is 0 Å². The smallest absolute Gasteiger partial charge is 0.419 e. The average Bonchev–Trinajstić information content (AvgIpc) is 2.49. The van der Waals surface area contributed by atoms with Crippen molar-refractivity contribution in [2.24, 2.45) is 0 Å². The maximum absolute atomic E-state index is 12.8. The van der Waals surface area contributed by atoms with Crippen LogP contribution in [-0.2, 0) is 9.47 Å². The highest BCUT2D eigenvalue weighted by atomic mass is 19.3. The Labute approximate surface area is 129 Å². The SMILES string of the molecule is CC(F)(F)C(F)(F)OCCOC(=O)c1ccc2ncccc2c1. The fraction of sp³-hybridized carbons (Fsp3) is 0.333. The summed E-state index contributed by atoms with van der Waals surface area (Å²) in [7, 11) is 0. The summed E-state index contributed by atoms with van der Waals surface area (Å²) in [5, 5.41) is 0.704. The Bertz CT molecular complexity index is 700. The van der Waals surface area contributed by atoms with E-state index in [1.807, 2.05) is 0 Å². The fourth-order valence-corrected chi connectivity index (χ4v) is 1.72. The number of hydrogen-bond acceptors (Lipinski definition) is 4. The zero-order valence-electron chi connectivity index (χ0n) is 12.1. The van der Waals surface area contributed by atoms with Crippen LogP contribution in [0.4, 0.5) is 17.6 Å². The minimum atomic E-state index is -4.62. The lowest BCUT2D eigenvalue weighted by Crippen LogP contribution is -2.41. The highest BCUT2D eigenvalue weighted by molar-refractivity contribution is 5.94. The Morgan fingerprint density at radius 2 is 1.91 bits per heavy atom. The lowest BCUT2D eigenvalue weighted by molar-refractivity contribution is -0.342. The van der Waals surface area contributed by atoms with Crippen LogP contribution in [0.1, 0.15) is 17.3 Å². The van der Waals surface area contributed by atoms with Crippen molar-refractivity contribution in [3.8, 4) is 0 Å². The van der Waals surface area contributed by atoms with E-state index in [-0.39, 0.29) is 12.5 Å². The number of ether oxygens (including phenoxy) is 2. The molecule has 1 aromatic heterocycles. The largest absolute Gasteiger partial charge is 0.460 e. The number of aromatic nitrogens is 1. The van der Waals surface area contributed by atoms with Crippen molar-refractivity contribution in [1.82, 2.24) is 4.98 Å². The van der Waals surface area contributed by atoms with Crippen molar-refractivity contribution < 1.29 is 31.8 Å². The van der Waals surface area contributed by atoms with Crippen LogP contribution in [0.5, 0.6) is 0 Å². The Hall–Kier alpha value is -2.22. The molecule has 0 aliphatic carbocycles. The fourth-order valence-electron chi connectivity index (χ4n) is 1.72. The summed E-state index contributed by atoms with van der Waals surface area (Å²) in [5.74, 6) is -5.09. The number of nitrogens with zero attached hydrogens (tertiary/aromatic N) is 1. The monoisotopic (exact) mass is 331 g/mol. The molecule has 0 unspecified atom stereocenters. The number of pyridine rings is 1. The molecule has 0 fully saturated rings. The molecule has 0 aliphatic rings. The van der Waals surface area contributed by atoms with Gasteiger partial charge in [-0.2, -0.15) is 17.6 Å². The first-order valence-corrected chi connectivity index (χ1v) is 6.62. The quantitative estimate of drug-likeness (QED) is 0.460. The van der Waals surface area contributed by atoms with Crippen molar-refractivity contribution in [3.05, 3.63) is 42.1 Å². The lowest BCUT2D eigenvalue weighted by Gasteiger charge is -2.22. The maximum Gasteiger partial charge on any atom is 0.419 e. The summed E-state index contributed by atoms with van der Waals surface area (Å²) in [5.41, 5.74) is 0.871. The zero-order chi connectivity index (χ0) is 17.1. The summed E-state index contributed by atoms with van der Waals surface area (Å²) in [4.78, 5) is 15.9. The number of esters is 1. The molecule has 0 bridgehead atoms. The molecule has 8 heteroatoms. The molecule has 23 heavy (non-hydrogen) atoms. The number of carbonyl (C=O) groups is 1. The van der Waals surface area contributed by atoms with Gasteiger partial charge >= 0.3 is 18.0 Å². The molecule has 0 saturated carbocycles. The molecule has 0 aliphatic heterocycles. The molecule has 0 radical (unpaired) electrons. The van der Waals surface area contributed by atoms with Gasteiger partial charge in [-0.1, -0.05) is 6.07 Å². The molecule has 1 heterocycles. The number of hydrogen-bond donors (Lipinski definition) is 0. The predicted molar refractivity (Wildman–Crippen MR) is 73.5 cm³/mol. The Kier molecular flexibility index (Phi) is 4.84. The van der Waals surface area contributed by atoms with Crippen LogP contribution in [0.2, 0.25) is 0 Å². The van der Waals surface area contributed by atoms with Gasteiger partial charge in [0.2, 0.25) is 0 Å². The molecular formula is C15H13F4NO3. The van der Waals surface area contributed by atoms with E-state index in [9.17, 15) is 22.4 Å². The van der Waals surface area contributed by atoms with Crippen LogP contribution in [0.25, 0.3) is 10.9 Å². The summed E-state index contributed by atoms with van der Waals surface area (Å²) in [6.07, 6.45) is -3.02. The van der Waals surface area contributed by atoms with E-state index in [1.165, 1.54) is 12.1 Å².